The number of rotatable bonds is 7. The van der Waals surface area contributed by atoms with Crippen LogP contribution in [0.15, 0.2) is 22.7 Å². The fourth-order valence-electron chi connectivity index (χ4n) is 2.67. The molecule has 1 fully saturated rings. The number of nitrogens with zero attached hydrogens (tertiary/aromatic N) is 1. The van der Waals surface area contributed by atoms with Gasteiger partial charge in [0.05, 0.1) is 24.6 Å². The summed E-state index contributed by atoms with van der Waals surface area (Å²) in [4.78, 5) is 38.3. The van der Waals surface area contributed by atoms with Crippen molar-refractivity contribution in [3.05, 3.63) is 28.2 Å². The highest BCUT2D eigenvalue weighted by Gasteiger charge is 2.34. The molecule has 1 aliphatic heterocycles. The molecule has 29 heavy (non-hydrogen) atoms. The van der Waals surface area contributed by atoms with E-state index in [2.05, 4.69) is 26.6 Å². The van der Waals surface area contributed by atoms with Crippen LogP contribution < -0.4 is 15.4 Å². The minimum absolute atomic E-state index is 0.0616. The van der Waals surface area contributed by atoms with Gasteiger partial charge in [0.25, 0.3) is 5.91 Å². The quantitative estimate of drug-likeness (QED) is 0.331. The van der Waals surface area contributed by atoms with Crippen molar-refractivity contribution in [1.82, 2.24) is 15.5 Å². The summed E-state index contributed by atoms with van der Waals surface area (Å²) in [5.74, 6) is -0.763. The molecule has 0 radical (unpaired) electrons. The van der Waals surface area contributed by atoms with E-state index >= 15 is 0 Å². The maximum Gasteiger partial charge on any atom is 0.308 e. The molecule has 1 atom stereocenters. The molecule has 1 aliphatic rings. The molecular formula is C18H22BrN3O6S. The van der Waals surface area contributed by atoms with Gasteiger partial charge in [0.15, 0.2) is 5.11 Å². The number of carbonyl (C=O) groups is 3. The third-order valence-electron chi connectivity index (χ3n) is 4.14. The summed E-state index contributed by atoms with van der Waals surface area (Å²) >= 11 is 8.65. The van der Waals surface area contributed by atoms with Crippen LogP contribution in [0.3, 0.4) is 0 Å². The largest absolute Gasteiger partial charge is 0.496 e. The Hall–Kier alpha value is -2.24. The molecule has 2 amide bonds. The van der Waals surface area contributed by atoms with Gasteiger partial charge in [0.1, 0.15) is 18.4 Å². The first kappa shape index (κ1) is 23.0. The van der Waals surface area contributed by atoms with Crippen LogP contribution in [0.1, 0.15) is 16.8 Å². The smallest absolute Gasteiger partial charge is 0.308 e. The second-order valence-corrected chi connectivity index (χ2v) is 7.27. The van der Waals surface area contributed by atoms with Gasteiger partial charge in [-0.05, 0) is 46.3 Å². The van der Waals surface area contributed by atoms with Gasteiger partial charge < -0.3 is 24.4 Å². The Labute approximate surface area is 182 Å². The topological polar surface area (TPSA) is 106 Å². The van der Waals surface area contributed by atoms with Crippen molar-refractivity contribution in [3.63, 3.8) is 0 Å². The van der Waals surface area contributed by atoms with Crippen LogP contribution in [-0.2, 0) is 19.1 Å². The molecule has 1 unspecified atom stereocenters. The third-order valence-corrected chi connectivity index (χ3v) is 5.09. The highest BCUT2D eigenvalue weighted by atomic mass is 79.9. The van der Waals surface area contributed by atoms with Crippen molar-refractivity contribution in [3.8, 4) is 5.75 Å². The molecular weight excluding hydrogens is 466 g/mol. The molecule has 2 N–H and O–H groups in total. The Kier molecular flexibility index (Phi) is 8.80. The van der Waals surface area contributed by atoms with E-state index in [0.29, 0.717) is 28.9 Å². The summed E-state index contributed by atoms with van der Waals surface area (Å²) in [5, 5.41) is 5.36. The van der Waals surface area contributed by atoms with Gasteiger partial charge in [-0.15, -0.1) is 0 Å². The van der Waals surface area contributed by atoms with Crippen molar-refractivity contribution in [1.29, 1.82) is 0 Å². The number of nitrogens with one attached hydrogen (secondary N) is 2. The predicted molar refractivity (Wildman–Crippen MR) is 112 cm³/mol. The molecule has 1 saturated heterocycles. The van der Waals surface area contributed by atoms with Crippen LogP contribution in [0.25, 0.3) is 0 Å². The first-order valence-electron chi connectivity index (χ1n) is 8.75. The number of thiocarbonyl (C=S) groups is 1. The Morgan fingerprint density at radius 3 is 2.76 bits per heavy atom. The van der Waals surface area contributed by atoms with E-state index in [1.54, 1.807) is 18.2 Å². The average molecular weight is 488 g/mol. The van der Waals surface area contributed by atoms with Crippen LogP contribution in [0, 0.1) is 0 Å². The van der Waals surface area contributed by atoms with Crippen LogP contribution in [-0.4, -0.2) is 74.4 Å². The van der Waals surface area contributed by atoms with E-state index in [1.807, 2.05) is 0 Å². The molecule has 158 valence electrons. The van der Waals surface area contributed by atoms with Gasteiger partial charge in [0.2, 0.25) is 5.91 Å². The number of hydrogen-bond acceptors (Lipinski definition) is 7. The van der Waals surface area contributed by atoms with Crippen molar-refractivity contribution in [2.24, 2.45) is 0 Å². The highest BCUT2D eigenvalue weighted by Crippen LogP contribution is 2.25. The second kappa shape index (κ2) is 11.1. The van der Waals surface area contributed by atoms with E-state index in [1.165, 1.54) is 19.1 Å². The maximum atomic E-state index is 12.5. The monoisotopic (exact) mass is 487 g/mol. The Morgan fingerprint density at radius 2 is 2.10 bits per heavy atom. The molecule has 9 nitrogen and oxygen atoms in total. The van der Waals surface area contributed by atoms with Gasteiger partial charge in [0, 0.05) is 25.8 Å². The van der Waals surface area contributed by atoms with E-state index < -0.39 is 17.9 Å². The number of methoxy groups -OCH3 is 2. The predicted octanol–water partition coefficient (Wildman–Crippen LogP) is 0.853. The molecule has 0 aromatic heterocycles. The minimum atomic E-state index is -0.866. The van der Waals surface area contributed by atoms with Gasteiger partial charge in [-0.25, -0.2) is 0 Å². The lowest BCUT2D eigenvalue weighted by molar-refractivity contribution is -0.148. The molecule has 0 spiro atoms. The van der Waals surface area contributed by atoms with Crippen molar-refractivity contribution >= 4 is 51.0 Å². The minimum Gasteiger partial charge on any atom is -0.496 e. The molecule has 11 heteroatoms. The number of ether oxygens (including phenoxy) is 3. The summed E-state index contributed by atoms with van der Waals surface area (Å²) < 4.78 is 15.6. The summed E-state index contributed by atoms with van der Waals surface area (Å²) in [6, 6.07) is 3.98. The summed E-state index contributed by atoms with van der Waals surface area (Å²) in [6.45, 7) is 1.06. The van der Waals surface area contributed by atoms with E-state index in [9.17, 15) is 14.4 Å². The lowest BCUT2D eigenvalue weighted by Crippen LogP contribution is -2.60. The fourth-order valence-corrected chi connectivity index (χ4v) is 3.52. The standard InChI is InChI=1S/C18H22BrN3O6S/c1-26-7-8-28-15(23)10-13-17(25)20-5-6-22(13)18(29)21-16(24)11-3-4-14(27-2)12(19)9-11/h3-4,9,13H,5-8,10H2,1-2H3,(H,20,25)(H,21,24,29). The van der Waals surface area contributed by atoms with Gasteiger partial charge in [-0.1, -0.05) is 0 Å². The number of piperazine rings is 1. The second-order valence-electron chi connectivity index (χ2n) is 6.03. The van der Waals surface area contributed by atoms with Crippen LogP contribution in [0.5, 0.6) is 5.75 Å². The molecule has 2 rings (SSSR count). The summed E-state index contributed by atoms with van der Waals surface area (Å²) in [5.41, 5.74) is 0.358. The zero-order valence-electron chi connectivity index (χ0n) is 16.0. The number of amides is 2. The molecule has 1 aromatic rings. The molecule has 1 aromatic carbocycles. The zero-order valence-corrected chi connectivity index (χ0v) is 18.4. The van der Waals surface area contributed by atoms with E-state index in [0.717, 1.165) is 0 Å². The van der Waals surface area contributed by atoms with Gasteiger partial charge in [-0.2, -0.15) is 0 Å². The van der Waals surface area contributed by atoms with Crippen molar-refractivity contribution in [2.45, 2.75) is 12.5 Å². The van der Waals surface area contributed by atoms with Crippen molar-refractivity contribution in [2.75, 3.05) is 40.5 Å². The number of benzene rings is 1. The Balaban J connectivity index is 2.04. The van der Waals surface area contributed by atoms with Crippen LogP contribution in [0.4, 0.5) is 0 Å². The first-order valence-corrected chi connectivity index (χ1v) is 9.95. The zero-order chi connectivity index (χ0) is 21.4. The number of carbonyl (C=O) groups excluding carboxylic acids is 3. The van der Waals surface area contributed by atoms with Gasteiger partial charge in [-0.3, -0.25) is 19.7 Å². The molecule has 1 heterocycles. The summed E-state index contributed by atoms with van der Waals surface area (Å²) in [7, 11) is 3.02. The molecule has 0 bridgehead atoms. The van der Waals surface area contributed by atoms with E-state index in [-0.39, 0.29) is 30.7 Å². The average Bonchev–Trinajstić information content (AvgIpc) is 2.69. The molecule has 0 saturated carbocycles. The lowest BCUT2D eigenvalue weighted by atomic mass is 10.1. The third kappa shape index (κ3) is 6.38. The SMILES string of the molecule is COCCOC(=O)CC1C(=O)NCCN1C(=S)NC(=O)c1ccc(OC)c(Br)c1. The number of halogens is 1. The first-order chi connectivity index (χ1) is 13.9. The van der Waals surface area contributed by atoms with Gasteiger partial charge >= 0.3 is 5.97 Å². The Bertz CT molecular complexity index is 791. The lowest BCUT2D eigenvalue weighted by Gasteiger charge is -2.36. The van der Waals surface area contributed by atoms with Crippen molar-refractivity contribution < 1.29 is 28.6 Å². The van der Waals surface area contributed by atoms with Crippen LogP contribution >= 0.6 is 28.1 Å². The highest BCUT2D eigenvalue weighted by molar-refractivity contribution is 9.10. The normalized spacial score (nSPS) is 16.0. The number of esters is 1. The fraction of sp³-hybridized carbons (Fsp3) is 0.444. The van der Waals surface area contributed by atoms with E-state index in [4.69, 9.17) is 26.4 Å². The number of hydrogen-bond donors (Lipinski definition) is 2. The summed E-state index contributed by atoms with van der Waals surface area (Å²) in [6.07, 6.45) is -0.195. The molecule has 0 aliphatic carbocycles. The van der Waals surface area contributed by atoms with Crippen LogP contribution in [0.2, 0.25) is 0 Å². The maximum absolute atomic E-state index is 12.5. The Morgan fingerprint density at radius 1 is 1.34 bits per heavy atom.